The monoisotopic (exact) mass is 480 g/mol. The van der Waals surface area contributed by atoms with Gasteiger partial charge in [0.15, 0.2) is 0 Å². The van der Waals surface area contributed by atoms with Crippen LogP contribution in [-0.4, -0.2) is 26.3 Å². The number of carbonyl (C=O) groups excluding carboxylic acids is 1. The first kappa shape index (κ1) is 20.6. The van der Waals surface area contributed by atoms with E-state index in [1.54, 1.807) is 6.20 Å². The summed E-state index contributed by atoms with van der Waals surface area (Å²) in [5.74, 6) is 0.259. The molecular weight excluding hydrogens is 460 g/mol. The average molecular weight is 481 g/mol. The number of benzene rings is 2. The quantitative estimate of drug-likeness (QED) is 0.386. The molecule has 1 amide bonds. The van der Waals surface area contributed by atoms with Crippen molar-refractivity contribution in [3.63, 3.8) is 0 Å². The summed E-state index contributed by atoms with van der Waals surface area (Å²) < 4.78 is 2.81. The number of thioether (sulfide) groups is 1. The van der Waals surface area contributed by atoms with E-state index in [1.807, 2.05) is 41.0 Å². The molecule has 0 unspecified atom stereocenters. The van der Waals surface area contributed by atoms with Gasteiger partial charge in [0.1, 0.15) is 5.03 Å². The first-order valence-corrected chi connectivity index (χ1v) is 11.3. The van der Waals surface area contributed by atoms with Gasteiger partial charge in [0.25, 0.3) is 0 Å². The van der Waals surface area contributed by atoms with Crippen molar-refractivity contribution < 1.29 is 4.79 Å². The summed E-state index contributed by atoms with van der Waals surface area (Å²) in [6.07, 6.45) is 3.54. The molecule has 30 heavy (non-hydrogen) atoms. The summed E-state index contributed by atoms with van der Waals surface area (Å²) in [7, 11) is 0. The molecule has 0 radical (unpaired) electrons. The highest BCUT2D eigenvalue weighted by molar-refractivity contribution is 9.10. The van der Waals surface area contributed by atoms with Crippen LogP contribution >= 0.6 is 27.7 Å². The number of nitrogens with one attached hydrogen (secondary N) is 1. The minimum absolute atomic E-state index is 0.0338. The Kier molecular flexibility index (Phi) is 6.20. The number of hydrogen-bond acceptors (Lipinski definition) is 4. The van der Waals surface area contributed by atoms with E-state index in [4.69, 9.17) is 0 Å². The van der Waals surface area contributed by atoms with E-state index < -0.39 is 0 Å². The van der Waals surface area contributed by atoms with Crippen LogP contribution in [-0.2, 0) is 11.3 Å². The van der Waals surface area contributed by atoms with Crippen molar-refractivity contribution >= 4 is 39.1 Å². The summed E-state index contributed by atoms with van der Waals surface area (Å²) in [4.78, 5) is 16.8. The normalized spacial score (nSPS) is 11.0. The van der Waals surface area contributed by atoms with Crippen LogP contribution in [0.4, 0.5) is 0 Å². The number of carbonyl (C=O) groups is 1. The molecule has 2 aromatic heterocycles. The van der Waals surface area contributed by atoms with Crippen molar-refractivity contribution in [2.75, 3.05) is 5.75 Å². The number of rotatable bonds is 6. The van der Waals surface area contributed by atoms with Crippen molar-refractivity contribution in [1.82, 2.24) is 19.9 Å². The Morgan fingerprint density at radius 1 is 1.13 bits per heavy atom. The van der Waals surface area contributed by atoms with Crippen molar-refractivity contribution in [3.8, 4) is 11.3 Å². The van der Waals surface area contributed by atoms with Gasteiger partial charge in [0.05, 0.1) is 17.0 Å². The molecule has 0 aliphatic carbocycles. The second-order valence-corrected chi connectivity index (χ2v) is 8.87. The maximum atomic E-state index is 12.3. The second-order valence-electron chi connectivity index (χ2n) is 7.05. The highest BCUT2D eigenvalue weighted by Gasteiger charge is 2.12. The zero-order valence-corrected chi connectivity index (χ0v) is 19.1. The van der Waals surface area contributed by atoms with E-state index >= 15 is 0 Å². The van der Waals surface area contributed by atoms with Gasteiger partial charge in [-0.05, 0) is 48.7 Å². The zero-order chi connectivity index (χ0) is 21.1. The lowest BCUT2D eigenvalue weighted by Gasteiger charge is -2.07. The van der Waals surface area contributed by atoms with Crippen LogP contribution in [0.15, 0.2) is 70.4 Å². The van der Waals surface area contributed by atoms with Crippen LogP contribution in [0.5, 0.6) is 0 Å². The highest BCUT2D eigenvalue weighted by Crippen LogP contribution is 2.27. The molecule has 1 N–H and O–H groups in total. The van der Waals surface area contributed by atoms with Crippen molar-refractivity contribution in [1.29, 1.82) is 0 Å². The highest BCUT2D eigenvalue weighted by atomic mass is 79.9. The molecule has 0 fully saturated rings. The Bertz CT molecular complexity index is 1220. The summed E-state index contributed by atoms with van der Waals surface area (Å²) in [5.41, 5.74) is 6.41. The van der Waals surface area contributed by atoms with E-state index in [9.17, 15) is 4.79 Å². The topological polar surface area (TPSA) is 59.3 Å². The number of hydrogen-bond donors (Lipinski definition) is 1. The van der Waals surface area contributed by atoms with Gasteiger partial charge >= 0.3 is 0 Å². The second kappa shape index (κ2) is 9.02. The number of amides is 1. The number of fused-ring (bicyclic) bond motifs is 1. The Morgan fingerprint density at radius 2 is 1.97 bits per heavy atom. The fraction of sp³-hybridized carbons (Fsp3) is 0.174. The van der Waals surface area contributed by atoms with Crippen molar-refractivity contribution in [2.45, 2.75) is 25.4 Å². The third-order valence-corrected chi connectivity index (χ3v) is 6.70. The van der Waals surface area contributed by atoms with Crippen molar-refractivity contribution in [3.05, 3.63) is 82.1 Å². The van der Waals surface area contributed by atoms with Crippen LogP contribution < -0.4 is 5.32 Å². The molecule has 0 spiro atoms. The van der Waals surface area contributed by atoms with E-state index in [2.05, 4.69) is 63.4 Å². The molecule has 0 saturated heterocycles. The van der Waals surface area contributed by atoms with Crippen LogP contribution in [0, 0.1) is 13.8 Å². The third-order valence-electron chi connectivity index (χ3n) is 4.93. The molecule has 0 bridgehead atoms. The standard InChI is InChI=1S/C23H21BrN4OS/c1-15-7-8-17(11-16(15)2)20-12-21-23(25-9-10-28(21)27-20)30-14-22(29)26-13-18-5-3-4-6-19(18)24/h3-12H,13-14H2,1-2H3,(H,26,29). The van der Waals surface area contributed by atoms with Crippen LogP contribution in [0.2, 0.25) is 0 Å². The van der Waals surface area contributed by atoms with Gasteiger partial charge in [0, 0.05) is 29.0 Å². The van der Waals surface area contributed by atoms with Gasteiger partial charge in [-0.25, -0.2) is 9.50 Å². The maximum Gasteiger partial charge on any atom is 0.230 e. The van der Waals surface area contributed by atoms with E-state index in [-0.39, 0.29) is 5.91 Å². The first-order chi connectivity index (χ1) is 14.5. The lowest BCUT2D eigenvalue weighted by molar-refractivity contribution is -0.118. The van der Waals surface area contributed by atoms with Gasteiger partial charge in [-0.15, -0.1) is 0 Å². The maximum absolute atomic E-state index is 12.3. The van der Waals surface area contributed by atoms with Gasteiger partial charge < -0.3 is 5.32 Å². The molecule has 4 aromatic rings. The molecule has 5 nitrogen and oxygen atoms in total. The number of halogens is 1. The Labute approximate surface area is 188 Å². The molecule has 0 aliphatic rings. The number of aromatic nitrogens is 3. The number of nitrogens with zero attached hydrogens (tertiary/aromatic N) is 3. The van der Waals surface area contributed by atoms with E-state index in [0.717, 1.165) is 31.8 Å². The van der Waals surface area contributed by atoms with Gasteiger partial charge in [-0.3, -0.25) is 4.79 Å². The lowest BCUT2D eigenvalue weighted by atomic mass is 10.0. The average Bonchev–Trinajstić information content (AvgIpc) is 3.18. The summed E-state index contributed by atoms with van der Waals surface area (Å²) in [6, 6.07) is 16.2. The minimum Gasteiger partial charge on any atom is -0.351 e. The third kappa shape index (κ3) is 4.57. The Hall–Kier alpha value is -2.64. The SMILES string of the molecule is Cc1ccc(-c2cc3c(SCC(=O)NCc4ccccc4Br)nccn3n2)cc1C. The van der Waals surface area contributed by atoms with Crippen LogP contribution in [0.25, 0.3) is 16.8 Å². The molecule has 7 heteroatoms. The fourth-order valence-electron chi connectivity index (χ4n) is 3.07. The summed E-state index contributed by atoms with van der Waals surface area (Å²) in [6.45, 7) is 4.69. The molecule has 2 heterocycles. The molecule has 0 saturated carbocycles. The predicted molar refractivity (Wildman–Crippen MR) is 125 cm³/mol. The van der Waals surface area contributed by atoms with Crippen molar-refractivity contribution in [2.24, 2.45) is 0 Å². The minimum atomic E-state index is -0.0338. The Morgan fingerprint density at radius 3 is 2.77 bits per heavy atom. The van der Waals surface area contributed by atoms with E-state index in [1.165, 1.54) is 22.9 Å². The number of aryl methyl sites for hydroxylation is 2. The summed E-state index contributed by atoms with van der Waals surface area (Å²) in [5, 5.41) is 8.43. The largest absolute Gasteiger partial charge is 0.351 e. The van der Waals surface area contributed by atoms with E-state index in [0.29, 0.717) is 12.3 Å². The fourth-order valence-corrected chi connectivity index (χ4v) is 4.30. The predicted octanol–water partition coefficient (Wildman–Crippen LogP) is 5.18. The van der Waals surface area contributed by atoms with Crippen LogP contribution in [0.1, 0.15) is 16.7 Å². The zero-order valence-electron chi connectivity index (χ0n) is 16.7. The van der Waals surface area contributed by atoms with Gasteiger partial charge in [0.2, 0.25) is 5.91 Å². The van der Waals surface area contributed by atoms with Crippen LogP contribution in [0.3, 0.4) is 0 Å². The first-order valence-electron chi connectivity index (χ1n) is 9.56. The Balaban J connectivity index is 1.46. The molecule has 4 rings (SSSR count). The lowest BCUT2D eigenvalue weighted by Crippen LogP contribution is -2.24. The van der Waals surface area contributed by atoms with Gasteiger partial charge in [-0.1, -0.05) is 58.0 Å². The smallest absolute Gasteiger partial charge is 0.230 e. The molecule has 152 valence electrons. The molecular formula is C23H21BrN4OS. The summed E-state index contributed by atoms with van der Waals surface area (Å²) >= 11 is 4.92. The molecule has 0 atom stereocenters. The van der Waals surface area contributed by atoms with Gasteiger partial charge in [-0.2, -0.15) is 5.10 Å². The molecule has 2 aromatic carbocycles. The molecule has 0 aliphatic heterocycles.